The molecule has 0 unspecified atom stereocenters. The summed E-state index contributed by atoms with van der Waals surface area (Å²) < 4.78 is 28.4. The maximum atomic E-state index is 14.3. The zero-order valence-corrected chi connectivity index (χ0v) is 11.1. The van der Waals surface area contributed by atoms with Crippen LogP contribution in [0.2, 0.25) is 0 Å². The summed E-state index contributed by atoms with van der Waals surface area (Å²) in [6, 6.07) is 1.22. The van der Waals surface area contributed by atoms with Gasteiger partial charge in [0.15, 0.2) is 0 Å². The summed E-state index contributed by atoms with van der Waals surface area (Å²) in [5, 5.41) is 3.34. The third kappa shape index (κ3) is 1.78. The van der Waals surface area contributed by atoms with Gasteiger partial charge >= 0.3 is 0 Å². The molecular formula is C15H16F2N2. The number of fused-ring (bicyclic) bond motifs is 2. The Bertz CT molecular complexity index is 665. The molecule has 1 aromatic heterocycles. The van der Waals surface area contributed by atoms with Gasteiger partial charge in [0.1, 0.15) is 17.2 Å². The number of pyridine rings is 1. The van der Waals surface area contributed by atoms with Crippen molar-refractivity contribution in [1.82, 2.24) is 4.98 Å². The van der Waals surface area contributed by atoms with Crippen molar-refractivity contribution in [2.75, 3.05) is 12.4 Å². The van der Waals surface area contributed by atoms with Crippen molar-refractivity contribution in [3.05, 3.63) is 34.5 Å². The van der Waals surface area contributed by atoms with E-state index in [0.29, 0.717) is 16.6 Å². The number of aryl methyl sites for hydroxylation is 2. The minimum Gasteiger partial charge on any atom is -0.387 e. The molecule has 0 saturated carbocycles. The summed E-state index contributed by atoms with van der Waals surface area (Å²) in [4.78, 5) is 4.37. The summed E-state index contributed by atoms with van der Waals surface area (Å²) >= 11 is 0. The predicted molar refractivity (Wildman–Crippen MR) is 72.6 cm³/mol. The first-order chi connectivity index (χ1) is 9.13. The van der Waals surface area contributed by atoms with Gasteiger partial charge < -0.3 is 5.32 Å². The smallest absolute Gasteiger partial charge is 0.149 e. The molecular weight excluding hydrogens is 246 g/mol. The summed E-state index contributed by atoms with van der Waals surface area (Å²) in [5.41, 5.74) is 3.13. The Hall–Kier alpha value is -1.71. The first-order valence-corrected chi connectivity index (χ1v) is 6.61. The Kier molecular flexibility index (Phi) is 2.88. The van der Waals surface area contributed by atoms with Crippen molar-refractivity contribution >= 4 is 16.6 Å². The van der Waals surface area contributed by atoms with Crippen molar-refractivity contribution in [3.63, 3.8) is 0 Å². The molecule has 1 heterocycles. The van der Waals surface area contributed by atoms with Gasteiger partial charge in [-0.3, -0.25) is 0 Å². The number of hydrogen-bond acceptors (Lipinski definition) is 2. The zero-order chi connectivity index (χ0) is 13.6. The third-order valence-corrected chi connectivity index (χ3v) is 3.86. The van der Waals surface area contributed by atoms with E-state index < -0.39 is 5.82 Å². The quantitative estimate of drug-likeness (QED) is 0.846. The van der Waals surface area contributed by atoms with E-state index in [2.05, 4.69) is 10.3 Å². The van der Waals surface area contributed by atoms with E-state index in [0.717, 1.165) is 36.9 Å². The van der Waals surface area contributed by atoms with E-state index in [-0.39, 0.29) is 11.3 Å². The van der Waals surface area contributed by atoms with Gasteiger partial charge in [0, 0.05) is 12.7 Å². The Labute approximate surface area is 110 Å². The highest BCUT2D eigenvalue weighted by molar-refractivity contribution is 5.95. The monoisotopic (exact) mass is 262 g/mol. The van der Waals surface area contributed by atoms with E-state index >= 15 is 0 Å². The number of anilines is 1. The second-order valence-electron chi connectivity index (χ2n) is 5.08. The molecule has 0 aliphatic heterocycles. The first kappa shape index (κ1) is 12.3. The molecule has 3 rings (SSSR count). The molecule has 0 spiro atoms. The molecule has 0 bridgehead atoms. The average molecular weight is 262 g/mol. The van der Waals surface area contributed by atoms with Gasteiger partial charge in [-0.25, -0.2) is 13.8 Å². The topological polar surface area (TPSA) is 24.9 Å². The number of nitrogens with zero attached hydrogens (tertiary/aromatic N) is 1. The lowest BCUT2D eigenvalue weighted by Gasteiger charge is -2.21. The second-order valence-corrected chi connectivity index (χ2v) is 5.08. The van der Waals surface area contributed by atoms with Gasteiger partial charge in [-0.1, -0.05) is 0 Å². The van der Waals surface area contributed by atoms with E-state index in [9.17, 15) is 8.78 Å². The lowest BCUT2D eigenvalue weighted by atomic mass is 9.92. The molecule has 1 aromatic carbocycles. The predicted octanol–water partition coefficient (Wildman–Crippen LogP) is 3.74. The number of nitrogens with one attached hydrogen (secondary N) is 1. The molecule has 1 aliphatic rings. The second kappa shape index (κ2) is 4.44. The average Bonchev–Trinajstić information content (AvgIpc) is 2.42. The molecule has 2 nitrogen and oxygen atoms in total. The van der Waals surface area contributed by atoms with Crippen LogP contribution < -0.4 is 5.32 Å². The fourth-order valence-electron chi connectivity index (χ4n) is 2.92. The number of aromatic nitrogens is 1. The summed E-state index contributed by atoms with van der Waals surface area (Å²) in [7, 11) is 1.75. The first-order valence-electron chi connectivity index (χ1n) is 6.61. The number of rotatable bonds is 1. The number of halogens is 2. The van der Waals surface area contributed by atoms with Crippen LogP contribution in [-0.2, 0) is 12.8 Å². The van der Waals surface area contributed by atoms with Crippen LogP contribution in [0.25, 0.3) is 10.9 Å². The van der Waals surface area contributed by atoms with Crippen molar-refractivity contribution < 1.29 is 8.78 Å². The van der Waals surface area contributed by atoms with E-state index in [1.807, 2.05) is 0 Å². The van der Waals surface area contributed by atoms with Crippen LogP contribution in [0.4, 0.5) is 14.5 Å². The molecule has 0 radical (unpaired) electrons. The normalized spacial score (nSPS) is 14.5. The van der Waals surface area contributed by atoms with Crippen molar-refractivity contribution in [1.29, 1.82) is 0 Å². The Morgan fingerprint density at radius 2 is 1.95 bits per heavy atom. The molecule has 0 atom stereocenters. The Morgan fingerprint density at radius 1 is 1.21 bits per heavy atom. The highest BCUT2D eigenvalue weighted by Gasteiger charge is 2.22. The molecule has 2 aromatic rings. The van der Waals surface area contributed by atoms with Crippen LogP contribution in [0.5, 0.6) is 0 Å². The zero-order valence-electron chi connectivity index (χ0n) is 11.1. The highest BCUT2D eigenvalue weighted by Crippen LogP contribution is 2.36. The molecule has 0 saturated heterocycles. The van der Waals surface area contributed by atoms with E-state index in [4.69, 9.17) is 0 Å². The van der Waals surface area contributed by atoms with Gasteiger partial charge in [0.2, 0.25) is 0 Å². The minimum atomic E-state index is -0.446. The summed E-state index contributed by atoms with van der Waals surface area (Å²) in [6.07, 6.45) is 3.85. The molecule has 0 fully saturated rings. The lowest BCUT2D eigenvalue weighted by molar-refractivity contribution is 0.604. The Morgan fingerprint density at radius 3 is 2.68 bits per heavy atom. The molecule has 0 amide bonds. The van der Waals surface area contributed by atoms with E-state index in [1.165, 1.54) is 6.07 Å². The van der Waals surface area contributed by atoms with Crippen molar-refractivity contribution in [3.8, 4) is 0 Å². The lowest BCUT2D eigenvalue weighted by Crippen LogP contribution is -2.11. The Balaban J connectivity index is 2.47. The van der Waals surface area contributed by atoms with Gasteiger partial charge in [0.05, 0.1) is 11.1 Å². The highest BCUT2D eigenvalue weighted by atomic mass is 19.1. The van der Waals surface area contributed by atoms with Crippen molar-refractivity contribution in [2.45, 2.75) is 32.6 Å². The summed E-state index contributed by atoms with van der Waals surface area (Å²) in [5.74, 6) is -0.819. The van der Waals surface area contributed by atoms with Gasteiger partial charge in [0.25, 0.3) is 0 Å². The molecule has 100 valence electrons. The fraction of sp³-hybridized carbons (Fsp3) is 0.400. The third-order valence-electron chi connectivity index (χ3n) is 3.86. The maximum Gasteiger partial charge on any atom is 0.149 e. The number of benzene rings is 1. The molecule has 1 N–H and O–H groups in total. The van der Waals surface area contributed by atoms with Crippen LogP contribution in [0.3, 0.4) is 0 Å². The van der Waals surface area contributed by atoms with Gasteiger partial charge in [-0.05, 0) is 49.8 Å². The standard InChI is InChI=1S/C15H16F2N2/c1-8-7-10(16)15-12(13(8)17)14(18-2)9-5-3-4-6-11(9)19-15/h7H,3-6H2,1-2H3,(H,18,19). The minimum absolute atomic E-state index is 0.146. The van der Waals surface area contributed by atoms with Crippen molar-refractivity contribution in [2.24, 2.45) is 0 Å². The van der Waals surface area contributed by atoms with Crippen LogP contribution in [0, 0.1) is 18.6 Å². The van der Waals surface area contributed by atoms with Gasteiger partial charge in [-0.2, -0.15) is 0 Å². The van der Waals surface area contributed by atoms with Crippen LogP contribution in [-0.4, -0.2) is 12.0 Å². The summed E-state index contributed by atoms with van der Waals surface area (Å²) in [6.45, 7) is 1.58. The largest absolute Gasteiger partial charge is 0.387 e. The molecule has 4 heteroatoms. The van der Waals surface area contributed by atoms with E-state index in [1.54, 1.807) is 14.0 Å². The number of hydrogen-bond donors (Lipinski definition) is 1. The fourth-order valence-corrected chi connectivity index (χ4v) is 2.92. The maximum absolute atomic E-state index is 14.3. The van der Waals surface area contributed by atoms with Crippen LogP contribution in [0.1, 0.15) is 29.7 Å². The van der Waals surface area contributed by atoms with Crippen LogP contribution in [0.15, 0.2) is 6.07 Å². The molecule has 19 heavy (non-hydrogen) atoms. The SMILES string of the molecule is CNc1c2c(nc3c(F)cc(C)c(F)c13)CCCC2. The van der Waals surface area contributed by atoms with Gasteiger partial charge in [-0.15, -0.1) is 0 Å². The van der Waals surface area contributed by atoms with Crippen LogP contribution >= 0.6 is 0 Å². The molecule has 1 aliphatic carbocycles.